The summed E-state index contributed by atoms with van der Waals surface area (Å²) in [5.41, 5.74) is 8.02. The molecule has 0 saturated carbocycles. The highest BCUT2D eigenvalue weighted by Crippen LogP contribution is 2.45. The number of benzene rings is 2. The molecule has 13 heteroatoms. The quantitative estimate of drug-likeness (QED) is 0.328. The molecule has 2 aromatic carbocycles. The lowest BCUT2D eigenvalue weighted by Gasteiger charge is -2.55. The van der Waals surface area contributed by atoms with Gasteiger partial charge in [-0.25, -0.2) is 0 Å². The molecular weight excluding hydrogens is 699 g/mol. The molecule has 7 heterocycles. The molecule has 1 aromatic heterocycles. The summed E-state index contributed by atoms with van der Waals surface area (Å²) in [6, 6.07) is 9.74. The number of likely N-dealkylation sites (tertiary alicyclic amines) is 2. The Labute approximate surface area is 321 Å². The van der Waals surface area contributed by atoms with Crippen molar-refractivity contribution in [1.29, 1.82) is 0 Å². The lowest BCUT2D eigenvalue weighted by Crippen LogP contribution is -2.61. The van der Waals surface area contributed by atoms with E-state index in [-0.39, 0.29) is 29.7 Å². The van der Waals surface area contributed by atoms with Crippen molar-refractivity contribution < 1.29 is 23.9 Å². The number of likely N-dealkylation sites (N-methyl/N-ethyl adjacent to an activating group) is 1. The summed E-state index contributed by atoms with van der Waals surface area (Å²) in [5.74, 6) is 1.48. The monoisotopic (exact) mass is 749 g/mol. The van der Waals surface area contributed by atoms with Crippen LogP contribution >= 0.6 is 0 Å². The van der Waals surface area contributed by atoms with E-state index in [1.807, 2.05) is 32.4 Å². The number of imide groups is 1. The average Bonchev–Trinajstić information content (AvgIpc) is 3.70. The number of hydrogen-bond acceptors (Lipinski definition) is 10. The van der Waals surface area contributed by atoms with Crippen molar-refractivity contribution in [3.8, 4) is 22.6 Å². The number of nitrogens with zero attached hydrogens (tertiary/aromatic N) is 6. The van der Waals surface area contributed by atoms with Gasteiger partial charge >= 0.3 is 0 Å². The fourth-order valence-corrected chi connectivity index (χ4v) is 10.1. The van der Waals surface area contributed by atoms with E-state index in [1.165, 1.54) is 12.8 Å². The molecule has 6 aliphatic heterocycles. The number of methoxy groups -OCH3 is 2. The van der Waals surface area contributed by atoms with Gasteiger partial charge in [-0.05, 0) is 80.1 Å². The number of aromatic nitrogens is 1. The molecule has 1 unspecified atom stereocenters. The van der Waals surface area contributed by atoms with Gasteiger partial charge in [0, 0.05) is 107 Å². The van der Waals surface area contributed by atoms with E-state index in [1.54, 1.807) is 23.7 Å². The van der Waals surface area contributed by atoms with Crippen molar-refractivity contribution in [3.63, 3.8) is 0 Å². The van der Waals surface area contributed by atoms with Gasteiger partial charge in [-0.1, -0.05) is 6.07 Å². The first-order valence-corrected chi connectivity index (χ1v) is 19.7. The molecule has 3 amide bonds. The number of piperidine rings is 2. The molecule has 290 valence electrons. The van der Waals surface area contributed by atoms with Crippen LogP contribution in [0.1, 0.15) is 52.7 Å². The third kappa shape index (κ3) is 6.25. The molecule has 4 fully saturated rings. The van der Waals surface area contributed by atoms with Gasteiger partial charge < -0.3 is 33.6 Å². The Bertz CT molecular complexity index is 2100. The lowest BCUT2D eigenvalue weighted by atomic mass is 9.71. The van der Waals surface area contributed by atoms with Crippen LogP contribution in [0.25, 0.3) is 11.1 Å². The number of anilines is 2. The highest BCUT2D eigenvalue weighted by molar-refractivity contribution is 6.05. The Morgan fingerprint density at radius 2 is 1.60 bits per heavy atom. The van der Waals surface area contributed by atoms with Crippen molar-refractivity contribution in [2.45, 2.75) is 51.2 Å². The maximum absolute atomic E-state index is 13.4. The standard InChI is InChI=1S/C42H51N7O6/c1-44-12-9-30-38(44)32(22-45(2)40(30)52)28-15-35(54-3)33(36(16-28)55-4)23-47-19-26(20-47)18-46-13-10-42(11-14-46)24-48(25-42)29-6-5-27-21-49(41(53)31(27)17-29)34-7-8-37(50)43-39(34)51/h5-6,15-17,22,26,34H,7-14,18-21,23-25H2,1-4H3,(H,43,50,51). The molecule has 13 nitrogen and oxygen atoms in total. The first-order chi connectivity index (χ1) is 26.5. The van der Waals surface area contributed by atoms with Crippen LogP contribution in [0.5, 0.6) is 11.5 Å². The number of rotatable bonds is 9. The predicted molar refractivity (Wildman–Crippen MR) is 209 cm³/mol. The van der Waals surface area contributed by atoms with Crippen LogP contribution in [0.3, 0.4) is 0 Å². The second-order valence-electron chi connectivity index (χ2n) is 16.8. The van der Waals surface area contributed by atoms with Gasteiger partial charge in [0.15, 0.2) is 0 Å². The van der Waals surface area contributed by atoms with E-state index in [0.717, 1.165) is 116 Å². The smallest absolute Gasteiger partial charge is 0.255 e. The molecule has 0 radical (unpaired) electrons. The first-order valence-electron chi connectivity index (χ1n) is 19.7. The van der Waals surface area contributed by atoms with Crippen LogP contribution in [-0.2, 0) is 36.1 Å². The highest BCUT2D eigenvalue weighted by Gasteiger charge is 2.46. The minimum Gasteiger partial charge on any atom is -0.496 e. The number of pyridine rings is 1. The van der Waals surface area contributed by atoms with E-state index in [2.05, 4.69) is 43.1 Å². The van der Waals surface area contributed by atoms with Gasteiger partial charge in [-0.2, -0.15) is 0 Å². The number of ether oxygens (including phenoxy) is 2. The molecule has 1 spiro atoms. The third-order valence-corrected chi connectivity index (χ3v) is 13.2. The summed E-state index contributed by atoms with van der Waals surface area (Å²) in [7, 11) is 7.30. The van der Waals surface area contributed by atoms with Crippen LogP contribution in [0.15, 0.2) is 41.3 Å². The fraction of sp³-hybridized carbons (Fsp3) is 0.524. The SMILES string of the molecule is COc1cc(-c2cn(C)c(=O)c3c2N(C)CC3)cc(OC)c1CN1CC(CN2CCC3(CC2)CN(c2ccc4c(c2)C(=O)N(C2CCC(=O)NC2=O)C4)C3)C1. The van der Waals surface area contributed by atoms with Crippen molar-refractivity contribution in [2.75, 3.05) is 83.4 Å². The van der Waals surface area contributed by atoms with Gasteiger partial charge in [0.2, 0.25) is 11.8 Å². The van der Waals surface area contributed by atoms with E-state index in [4.69, 9.17) is 9.47 Å². The number of carbonyl (C=O) groups is 3. The highest BCUT2D eigenvalue weighted by atomic mass is 16.5. The zero-order valence-corrected chi connectivity index (χ0v) is 32.4. The molecule has 55 heavy (non-hydrogen) atoms. The van der Waals surface area contributed by atoms with E-state index >= 15 is 0 Å². The molecule has 0 bridgehead atoms. The topological polar surface area (TPSA) is 120 Å². The van der Waals surface area contributed by atoms with Gasteiger partial charge in [-0.3, -0.25) is 29.4 Å². The minimum absolute atomic E-state index is 0.0685. The van der Waals surface area contributed by atoms with Gasteiger partial charge in [-0.15, -0.1) is 0 Å². The minimum atomic E-state index is -0.588. The van der Waals surface area contributed by atoms with E-state index in [9.17, 15) is 19.2 Å². The predicted octanol–water partition coefficient (Wildman–Crippen LogP) is 2.86. The Balaban J connectivity index is 0.769. The number of carbonyl (C=O) groups excluding carboxylic acids is 3. The molecule has 6 aliphatic rings. The Morgan fingerprint density at radius 1 is 0.873 bits per heavy atom. The summed E-state index contributed by atoms with van der Waals surface area (Å²) in [4.78, 5) is 61.6. The van der Waals surface area contributed by atoms with Crippen molar-refractivity contribution in [1.82, 2.24) is 24.6 Å². The number of nitrogens with one attached hydrogen (secondary N) is 1. The Kier molecular flexibility index (Phi) is 8.92. The maximum Gasteiger partial charge on any atom is 0.255 e. The Hall–Kier alpha value is -4.88. The third-order valence-electron chi connectivity index (χ3n) is 13.2. The molecule has 9 rings (SSSR count). The molecule has 0 aliphatic carbocycles. The van der Waals surface area contributed by atoms with Crippen molar-refractivity contribution >= 4 is 29.1 Å². The lowest BCUT2D eigenvalue weighted by molar-refractivity contribution is -0.136. The Morgan fingerprint density at radius 3 is 2.29 bits per heavy atom. The number of hydrogen-bond donors (Lipinski definition) is 1. The molecule has 1 atom stereocenters. The van der Waals surface area contributed by atoms with Crippen LogP contribution < -0.4 is 30.1 Å². The average molecular weight is 750 g/mol. The van der Waals surface area contributed by atoms with E-state index in [0.29, 0.717) is 29.9 Å². The fourth-order valence-electron chi connectivity index (χ4n) is 10.1. The summed E-state index contributed by atoms with van der Waals surface area (Å²) < 4.78 is 13.6. The van der Waals surface area contributed by atoms with Crippen LogP contribution in [0.4, 0.5) is 11.4 Å². The van der Waals surface area contributed by atoms with Gasteiger partial charge in [0.1, 0.15) is 17.5 Å². The summed E-state index contributed by atoms with van der Waals surface area (Å²) in [5, 5.41) is 2.39. The van der Waals surface area contributed by atoms with Crippen molar-refractivity contribution in [2.24, 2.45) is 18.4 Å². The molecule has 3 aromatic rings. The maximum atomic E-state index is 13.4. The van der Waals surface area contributed by atoms with E-state index < -0.39 is 6.04 Å². The second kappa shape index (κ2) is 13.7. The van der Waals surface area contributed by atoms with Crippen LogP contribution in [-0.4, -0.2) is 117 Å². The number of fused-ring (bicyclic) bond motifs is 2. The van der Waals surface area contributed by atoms with Crippen LogP contribution in [0.2, 0.25) is 0 Å². The second-order valence-corrected chi connectivity index (χ2v) is 16.8. The first kappa shape index (κ1) is 35.8. The largest absolute Gasteiger partial charge is 0.496 e. The summed E-state index contributed by atoms with van der Waals surface area (Å²) in [6.07, 6.45) is 5.69. The zero-order valence-electron chi connectivity index (χ0n) is 32.4. The van der Waals surface area contributed by atoms with Crippen molar-refractivity contribution in [3.05, 3.63) is 69.1 Å². The van der Waals surface area contributed by atoms with Gasteiger partial charge in [0.25, 0.3) is 11.5 Å². The van der Waals surface area contributed by atoms with Gasteiger partial charge in [0.05, 0.1) is 25.5 Å². The summed E-state index contributed by atoms with van der Waals surface area (Å²) >= 11 is 0. The van der Waals surface area contributed by atoms with Crippen LogP contribution in [0, 0.1) is 11.3 Å². The zero-order chi connectivity index (χ0) is 38.2. The number of amides is 3. The number of aryl methyl sites for hydroxylation is 1. The molecular formula is C42H51N7O6. The summed E-state index contributed by atoms with van der Waals surface area (Å²) in [6.45, 7) is 9.44. The molecule has 4 saturated heterocycles. The normalized spacial score (nSPS) is 22.4. The molecule has 1 N–H and O–H groups in total.